The Bertz CT molecular complexity index is 1120. The van der Waals surface area contributed by atoms with Crippen LogP contribution in [0.1, 0.15) is 30.4 Å². The highest BCUT2D eigenvalue weighted by Gasteiger charge is 2.30. The van der Waals surface area contributed by atoms with E-state index >= 15 is 0 Å². The lowest BCUT2D eigenvalue weighted by molar-refractivity contribution is -0.135. The van der Waals surface area contributed by atoms with Crippen molar-refractivity contribution in [2.24, 2.45) is 0 Å². The monoisotopic (exact) mass is 428 g/mol. The van der Waals surface area contributed by atoms with E-state index in [4.69, 9.17) is 0 Å². The van der Waals surface area contributed by atoms with Crippen LogP contribution in [0, 0.1) is 0 Å². The molecule has 0 bridgehead atoms. The van der Waals surface area contributed by atoms with Gasteiger partial charge in [0.1, 0.15) is 0 Å². The molecule has 1 saturated heterocycles. The van der Waals surface area contributed by atoms with Gasteiger partial charge in [0.15, 0.2) is 0 Å². The van der Waals surface area contributed by atoms with Gasteiger partial charge in [-0.3, -0.25) is 14.6 Å². The second kappa shape index (κ2) is 8.38. The van der Waals surface area contributed by atoms with Gasteiger partial charge >= 0.3 is 0 Å². The molecule has 0 atom stereocenters. The van der Waals surface area contributed by atoms with Gasteiger partial charge in [-0.25, -0.2) is 0 Å². The fourth-order valence-corrected chi connectivity index (χ4v) is 5.63. The fourth-order valence-electron chi connectivity index (χ4n) is 5.63. The molecule has 3 aromatic rings. The fraction of sp³-hybridized carbons (Fsp3) is 0.444. The Kier molecular flexibility index (Phi) is 5.24. The number of amides is 1. The van der Waals surface area contributed by atoms with Crippen molar-refractivity contribution in [3.8, 4) is 11.1 Å². The molecule has 2 fully saturated rings. The van der Waals surface area contributed by atoms with Crippen molar-refractivity contribution < 1.29 is 4.79 Å². The van der Waals surface area contributed by atoms with Crippen LogP contribution in [0.25, 0.3) is 22.0 Å². The minimum absolute atomic E-state index is 0.303. The highest BCUT2D eigenvalue weighted by atomic mass is 16.2. The molecule has 3 heterocycles. The maximum Gasteiger partial charge on any atom is 0.236 e. The zero-order valence-corrected chi connectivity index (χ0v) is 18.7. The van der Waals surface area contributed by atoms with Gasteiger partial charge in [0.05, 0.1) is 6.54 Å². The number of rotatable bonds is 4. The molecule has 5 nitrogen and oxygen atoms in total. The van der Waals surface area contributed by atoms with E-state index in [0.717, 1.165) is 51.7 Å². The van der Waals surface area contributed by atoms with Gasteiger partial charge in [-0.2, -0.15) is 0 Å². The number of aromatic amines is 1. The highest BCUT2D eigenvalue weighted by Crippen LogP contribution is 2.31. The number of nitrogens with zero attached hydrogens (tertiary/aromatic N) is 3. The van der Waals surface area contributed by atoms with Crippen molar-refractivity contribution in [3.63, 3.8) is 0 Å². The molecular formula is C27H32N4O. The van der Waals surface area contributed by atoms with E-state index in [1.807, 2.05) is 6.20 Å². The number of hydrogen-bond acceptors (Lipinski definition) is 3. The molecule has 2 aromatic carbocycles. The molecule has 0 spiro atoms. The zero-order valence-electron chi connectivity index (χ0n) is 18.7. The second-order valence-corrected chi connectivity index (χ2v) is 9.69. The van der Waals surface area contributed by atoms with Gasteiger partial charge < -0.3 is 9.88 Å². The molecule has 0 radical (unpaired) electrons. The Balaban J connectivity index is 1.09. The van der Waals surface area contributed by atoms with Gasteiger partial charge in [-0.1, -0.05) is 36.8 Å². The first-order chi connectivity index (χ1) is 15.7. The lowest BCUT2D eigenvalue weighted by atomic mass is 9.91. The number of H-pyrrole nitrogens is 1. The number of piperazine rings is 1. The second-order valence-electron chi connectivity index (χ2n) is 9.69. The van der Waals surface area contributed by atoms with Crippen LogP contribution in [-0.2, 0) is 17.8 Å². The van der Waals surface area contributed by atoms with E-state index in [9.17, 15) is 4.79 Å². The number of nitrogens with one attached hydrogen (secondary N) is 1. The molecule has 166 valence electrons. The Hall–Kier alpha value is -2.63. The van der Waals surface area contributed by atoms with Crippen molar-refractivity contribution in [1.82, 2.24) is 19.7 Å². The number of carbonyl (C=O) groups excluding carboxylic acids is 1. The van der Waals surface area contributed by atoms with Crippen molar-refractivity contribution in [2.45, 2.75) is 38.3 Å². The normalized spacial score (nSPS) is 20.3. The predicted molar refractivity (Wildman–Crippen MR) is 129 cm³/mol. The third-order valence-electron chi connectivity index (χ3n) is 7.82. The summed E-state index contributed by atoms with van der Waals surface area (Å²) >= 11 is 0. The summed E-state index contributed by atoms with van der Waals surface area (Å²) in [4.78, 5) is 23.3. The van der Waals surface area contributed by atoms with E-state index in [-0.39, 0.29) is 0 Å². The third kappa shape index (κ3) is 3.74. The third-order valence-corrected chi connectivity index (χ3v) is 7.82. The van der Waals surface area contributed by atoms with Crippen molar-refractivity contribution in [1.29, 1.82) is 0 Å². The SMILES string of the molecule is O=C(CN1CCc2cc(-c3cccc4[nH]ccc34)ccc2C1)N1CCN(C2CCC2)CC1. The van der Waals surface area contributed by atoms with Gasteiger partial charge in [-0.05, 0) is 53.6 Å². The Morgan fingerprint density at radius 3 is 2.66 bits per heavy atom. The van der Waals surface area contributed by atoms with Crippen LogP contribution in [0.2, 0.25) is 0 Å². The molecule has 1 saturated carbocycles. The molecule has 1 N–H and O–H groups in total. The maximum atomic E-state index is 12.9. The first-order valence-electron chi connectivity index (χ1n) is 12.2. The van der Waals surface area contributed by atoms with Crippen molar-refractivity contribution in [3.05, 3.63) is 59.8 Å². The van der Waals surface area contributed by atoms with E-state index in [0.29, 0.717) is 12.5 Å². The maximum absolute atomic E-state index is 12.9. The Morgan fingerprint density at radius 2 is 1.84 bits per heavy atom. The van der Waals surface area contributed by atoms with Crippen LogP contribution in [0.3, 0.4) is 0 Å². The minimum atomic E-state index is 0.303. The van der Waals surface area contributed by atoms with Gasteiger partial charge in [0.25, 0.3) is 0 Å². The lowest BCUT2D eigenvalue weighted by Gasteiger charge is -2.43. The van der Waals surface area contributed by atoms with Crippen LogP contribution in [-0.4, -0.2) is 70.9 Å². The summed E-state index contributed by atoms with van der Waals surface area (Å²) < 4.78 is 0. The Labute approximate surface area is 190 Å². The average Bonchev–Trinajstić information content (AvgIpc) is 3.27. The van der Waals surface area contributed by atoms with Crippen LogP contribution in [0.5, 0.6) is 0 Å². The van der Waals surface area contributed by atoms with E-state index in [1.165, 1.54) is 52.4 Å². The summed E-state index contributed by atoms with van der Waals surface area (Å²) in [7, 11) is 0. The molecule has 6 rings (SSSR count). The molecule has 2 aliphatic heterocycles. The minimum Gasteiger partial charge on any atom is -0.361 e. The molecule has 1 amide bonds. The van der Waals surface area contributed by atoms with E-state index < -0.39 is 0 Å². The summed E-state index contributed by atoms with van der Waals surface area (Å²) in [6.07, 6.45) is 7.10. The largest absolute Gasteiger partial charge is 0.361 e. The number of hydrogen-bond donors (Lipinski definition) is 1. The molecular weight excluding hydrogens is 396 g/mol. The first kappa shape index (κ1) is 20.0. The number of benzene rings is 2. The Morgan fingerprint density at radius 1 is 0.969 bits per heavy atom. The molecule has 5 heteroatoms. The topological polar surface area (TPSA) is 42.6 Å². The van der Waals surface area contributed by atoms with Crippen LogP contribution in [0.4, 0.5) is 0 Å². The molecule has 3 aliphatic rings. The summed E-state index contributed by atoms with van der Waals surface area (Å²) in [6, 6.07) is 16.3. The first-order valence-corrected chi connectivity index (χ1v) is 12.2. The highest BCUT2D eigenvalue weighted by molar-refractivity contribution is 5.95. The molecule has 32 heavy (non-hydrogen) atoms. The van der Waals surface area contributed by atoms with Crippen LogP contribution < -0.4 is 0 Å². The summed E-state index contributed by atoms with van der Waals surface area (Å²) in [6.45, 7) is 6.27. The number of aromatic nitrogens is 1. The quantitative estimate of drug-likeness (QED) is 0.686. The molecule has 0 unspecified atom stereocenters. The number of carbonyl (C=O) groups is 1. The van der Waals surface area contributed by atoms with Crippen molar-refractivity contribution in [2.75, 3.05) is 39.3 Å². The summed E-state index contributed by atoms with van der Waals surface area (Å²) in [5.74, 6) is 0.303. The summed E-state index contributed by atoms with van der Waals surface area (Å²) in [5.41, 5.74) is 6.53. The van der Waals surface area contributed by atoms with E-state index in [1.54, 1.807) is 0 Å². The zero-order chi connectivity index (χ0) is 21.5. The van der Waals surface area contributed by atoms with Crippen LogP contribution >= 0.6 is 0 Å². The molecule has 1 aliphatic carbocycles. The standard InChI is InChI=1S/C27H32N4O/c32-27(31-15-13-30(14-16-31)23-3-1-4-23)19-29-12-10-20-17-21(7-8-22(20)18-29)24-5-2-6-26-25(24)9-11-28-26/h2,5-9,11,17,23,28H,1,3-4,10,12-16,18-19H2. The van der Waals surface area contributed by atoms with Gasteiger partial charge in [-0.15, -0.1) is 0 Å². The summed E-state index contributed by atoms with van der Waals surface area (Å²) in [5, 5.41) is 1.27. The van der Waals surface area contributed by atoms with Crippen LogP contribution in [0.15, 0.2) is 48.7 Å². The smallest absolute Gasteiger partial charge is 0.236 e. The number of fused-ring (bicyclic) bond motifs is 2. The average molecular weight is 429 g/mol. The van der Waals surface area contributed by atoms with Gasteiger partial charge in [0, 0.05) is 62.4 Å². The lowest BCUT2D eigenvalue weighted by Crippen LogP contribution is -2.55. The predicted octanol–water partition coefficient (Wildman–Crippen LogP) is 3.89. The van der Waals surface area contributed by atoms with Gasteiger partial charge in [0.2, 0.25) is 5.91 Å². The van der Waals surface area contributed by atoms with E-state index in [2.05, 4.69) is 62.1 Å². The molecule has 1 aromatic heterocycles. The van der Waals surface area contributed by atoms with Crippen molar-refractivity contribution >= 4 is 16.8 Å².